The lowest BCUT2D eigenvalue weighted by Crippen LogP contribution is -2.18. The van der Waals surface area contributed by atoms with Gasteiger partial charge in [0.05, 0.1) is 12.0 Å². The van der Waals surface area contributed by atoms with Crippen molar-refractivity contribution in [3.05, 3.63) is 34.4 Å². The fourth-order valence-electron chi connectivity index (χ4n) is 1.15. The largest absolute Gasteiger partial charge is 0.411 e. The predicted octanol–water partition coefficient (Wildman–Crippen LogP) is 4.48. The number of hydrogen-bond donors (Lipinski definition) is 0. The van der Waals surface area contributed by atoms with Crippen LogP contribution in [0.15, 0.2) is 12.1 Å². The lowest BCUT2D eigenvalue weighted by Gasteiger charge is -2.13. The lowest BCUT2D eigenvalue weighted by molar-refractivity contribution is -0.173. The third kappa shape index (κ3) is 4.59. The van der Waals surface area contributed by atoms with Crippen LogP contribution in [-0.2, 0) is 4.74 Å². The number of rotatable bonds is 4. The summed E-state index contributed by atoms with van der Waals surface area (Å²) in [7, 11) is 0. The van der Waals surface area contributed by atoms with Crippen LogP contribution in [0, 0.1) is 11.6 Å². The zero-order chi connectivity index (χ0) is 13.9. The molecule has 1 rings (SSSR count). The van der Waals surface area contributed by atoms with E-state index in [1.165, 1.54) is 0 Å². The molecule has 1 aromatic rings. The van der Waals surface area contributed by atoms with Crippen molar-refractivity contribution in [3.8, 4) is 0 Å². The molecule has 102 valence electrons. The first kappa shape index (κ1) is 15.5. The van der Waals surface area contributed by atoms with Gasteiger partial charge in [0.2, 0.25) is 0 Å². The fourth-order valence-corrected chi connectivity index (χ4v) is 1.75. The molecule has 0 bridgehead atoms. The number of halogens is 7. The van der Waals surface area contributed by atoms with Gasteiger partial charge in [-0.3, -0.25) is 0 Å². The Kier molecular flexibility index (Phi) is 5.19. The third-order valence-corrected chi connectivity index (χ3v) is 2.60. The predicted molar refractivity (Wildman–Crippen MR) is 56.8 cm³/mol. The van der Waals surface area contributed by atoms with Crippen molar-refractivity contribution in [2.24, 2.45) is 0 Å². The van der Waals surface area contributed by atoms with Gasteiger partial charge in [0.1, 0.15) is 6.61 Å². The molecular formula is C10H7Cl2F5O. The second kappa shape index (κ2) is 6.04. The van der Waals surface area contributed by atoms with E-state index < -0.39 is 36.4 Å². The van der Waals surface area contributed by atoms with E-state index in [4.69, 9.17) is 23.2 Å². The zero-order valence-corrected chi connectivity index (χ0v) is 10.2. The Labute approximate surface area is 109 Å². The van der Waals surface area contributed by atoms with Crippen LogP contribution in [0.4, 0.5) is 22.0 Å². The van der Waals surface area contributed by atoms with E-state index in [1.807, 2.05) is 0 Å². The topological polar surface area (TPSA) is 9.23 Å². The van der Waals surface area contributed by atoms with E-state index in [0.717, 1.165) is 6.07 Å². The van der Waals surface area contributed by atoms with Crippen molar-refractivity contribution in [3.63, 3.8) is 0 Å². The van der Waals surface area contributed by atoms with Gasteiger partial charge in [0.25, 0.3) is 0 Å². The van der Waals surface area contributed by atoms with Crippen molar-refractivity contribution in [1.29, 1.82) is 0 Å². The molecule has 1 aromatic carbocycles. The molecule has 0 spiro atoms. The Bertz CT molecular complexity index is 421. The summed E-state index contributed by atoms with van der Waals surface area (Å²) >= 11 is 11.3. The molecule has 0 saturated carbocycles. The minimum Gasteiger partial charge on any atom is -0.370 e. The summed E-state index contributed by atoms with van der Waals surface area (Å²) in [5, 5.41) is -1.28. The summed E-state index contributed by atoms with van der Waals surface area (Å²) in [6.45, 7) is -2.00. The second-order valence-electron chi connectivity index (χ2n) is 3.39. The van der Waals surface area contributed by atoms with Crippen LogP contribution >= 0.6 is 23.2 Å². The maximum atomic E-state index is 12.9. The highest BCUT2D eigenvalue weighted by atomic mass is 35.5. The Balaban J connectivity index is 2.67. The molecule has 1 atom stereocenters. The minimum absolute atomic E-state index is 0.0283. The molecule has 1 nitrogen and oxygen atoms in total. The molecule has 0 aromatic heterocycles. The molecule has 0 aliphatic carbocycles. The average molecular weight is 309 g/mol. The van der Waals surface area contributed by atoms with Gasteiger partial charge in [0, 0.05) is 5.02 Å². The summed E-state index contributed by atoms with van der Waals surface area (Å²) < 4.78 is 65.4. The highest BCUT2D eigenvalue weighted by Crippen LogP contribution is 2.30. The van der Waals surface area contributed by atoms with E-state index in [2.05, 4.69) is 4.74 Å². The van der Waals surface area contributed by atoms with Crippen LogP contribution in [0.2, 0.25) is 5.02 Å². The molecule has 0 aliphatic rings. The molecule has 0 fully saturated rings. The van der Waals surface area contributed by atoms with Crippen molar-refractivity contribution < 1.29 is 26.7 Å². The van der Waals surface area contributed by atoms with Gasteiger partial charge in [-0.2, -0.15) is 13.2 Å². The maximum Gasteiger partial charge on any atom is 0.411 e. The summed E-state index contributed by atoms with van der Waals surface area (Å²) in [6, 6.07) is 1.43. The first-order valence-electron chi connectivity index (χ1n) is 4.63. The lowest BCUT2D eigenvalue weighted by atomic mass is 10.1. The van der Waals surface area contributed by atoms with Gasteiger partial charge >= 0.3 is 6.18 Å². The number of benzene rings is 1. The Morgan fingerprint density at radius 3 is 2.28 bits per heavy atom. The number of hydrogen-bond acceptors (Lipinski definition) is 1. The first-order chi connectivity index (χ1) is 8.20. The standard InChI is InChI=1S/C10H7Cl2F5O/c11-6-2-9(14)8(13)1-5(6)7(12)3-18-4-10(15,16)17/h1-2,7H,3-4H2. The van der Waals surface area contributed by atoms with Gasteiger partial charge in [-0.05, 0) is 17.7 Å². The van der Waals surface area contributed by atoms with Gasteiger partial charge in [0.15, 0.2) is 11.6 Å². The SMILES string of the molecule is Fc1cc(Cl)c(C(Cl)COCC(F)(F)F)cc1F. The van der Waals surface area contributed by atoms with Gasteiger partial charge < -0.3 is 4.74 Å². The highest BCUT2D eigenvalue weighted by molar-refractivity contribution is 6.32. The molecule has 0 aliphatic heterocycles. The molecule has 0 amide bonds. The molecule has 0 radical (unpaired) electrons. The number of alkyl halides is 4. The second-order valence-corrected chi connectivity index (χ2v) is 4.32. The van der Waals surface area contributed by atoms with E-state index in [1.54, 1.807) is 0 Å². The van der Waals surface area contributed by atoms with E-state index >= 15 is 0 Å². The minimum atomic E-state index is -4.48. The third-order valence-electron chi connectivity index (χ3n) is 1.91. The van der Waals surface area contributed by atoms with Crippen molar-refractivity contribution in [1.82, 2.24) is 0 Å². The van der Waals surface area contributed by atoms with Crippen molar-refractivity contribution in [2.75, 3.05) is 13.2 Å². The fraction of sp³-hybridized carbons (Fsp3) is 0.400. The molecule has 0 saturated heterocycles. The summed E-state index contributed by atoms with van der Waals surface area (Å²) in [4.78, 5) is 0. The van der Waals surface area contributed by atoms with Crippen LogP contribution in [0.1, 0.15) is 10.9 Å². The van der Waals surface area contributed by atoms with Crippen LogP contribution < -0.4 is 0 Å². The molecule has 18 heavy (non-hydrogen) atoms. The molecule has 0 N–H and O–H groups in total. The van der Waals surface area contributed by atoms with E-state index in [0.29, 0.717) is 6.07 Å². The molecular weight excluding hydrogens is 302 g/mol. The van der Waals surface area contributed by atoms with Crippen LogP contribution in [-0.4, -0.2) is 19.4 Å². The first-order valence-corrected chi connectivity index (χ1v) is 5.45. The summed E-state index contributed by atoms with van der Waals surface area (Å²) in [5.74, 6) is -2.35. The Hall–Kier alpha value is -0.590. The highest BCUT2D eigenvalue weighted by Gasteiger charge is 2.28. The zero-order valence-electron chi connectivity index (χ0n) is 8.70. The van der Waals surface area contributed by atoms with Crippen molar-refractivity contribution >= 4 is 23.2 Å². The van der Waals surface area contributed by atoms with Gasteiger partial charge in [-0.25, -0.2) is 8.78 Å². The normalized spacial score (nSPS) is 13.7. The average Bonchev–Trinajstić information content (AvgIpc) is 2.21. The number of ether oxygens (including phenoxy) is 1. The maximum absolute atomic E-state index is 12.9. The summed E-state index contributed by atoms with van der Waals surface area (Å²) in [6.07, 6.45) is -4.48. The molecule has 0 heterocycles. The van der Waals surface area contributed by atoms with Crippen LogP contribution in [0.5, 0.6) is 0 Å². The van der Waals surface area contributed by atoms with Crippen molar-refractivity contribution in [2.45, 2.75) is 11.6 Å². The smallest absolute Gasteiger partial charge is 0.370 e. The molecule has 1 unspecified atom stereocenters. The van der Waals surface area contributed by atoms with Crippen LogP contribution in [0.25, 0.3) is 0 Å². The monoisotopic (exact) mass is 308 g/mol. The molecule has 8 heteroatoms. The van der Waals surface area contributed by atoms with Crippen LogP contribution in [0.3, 0.4) is 0 Å². The van der Waals surface area contributed by atoms with E-state index in [9.17, 15) is 22.0 Å². The van der Waals surface area contributed by atoms with E-state index in [-0.39, 0.29) is 10.6 Å². The Morgan fingerprint density at radius 1 is 1.17 bits per heavy atom. The summed E-state index contributed by atoms with van der Waals surface area (Å²) in [5.41, 5.74) is -0.0283. The quantitative estimate of drug-likeness (QED) is 0.453. The van der Waals surface area contributed by atoms with Gasteiger partial charge in [-0.15, -0.1) is 11.6 Å². The van der Waals surface area contributed by atoms with Gasteiger partial charge in [-0.1, -0.05) is 11.6 Å². The Morgan fingerprint density at radius 2 is 1.72 bits per heavy atom.